The molecule has 0 heterocycles. The van der Waals surface area contributed by atoms with Crippen LogP contribution in [-0.4, -0.2) is 39.9 Å². The van der Waals surface area contributed by atoms with Gasteiger partial charge in [-0.05, 0) is 41.8 Å². The highest BCUT2D eigenvalue weighted by Gasteiger charge is 2.29. The van der Waals surface area contributed by atoms with E-state index in [1.165, 1.54) is 12.1 Å². The lowest BCUT2D eigenvalue weighted by Gasteiger charge is -2.13. The maximum atomic E-state index is 12.6. The zero-order chi connectivity index (χ0) is 21.1. The smallest absolute Gasteiger partial charge is 0.416 e. The van der Waals surface area contributed by atoms with Crippen LogP contribution < -0.4 is 15.4 Å². The summed E-state index contributed by atoms with van der Waals surface area (Å²) < 4.78 is 48.2. The number of ether oxygens (including phenoxy) is 2. The number of aliphatic imine (C=N–C) groups is 1. The number of hydrogen-bond acceptors (Lipinski definition) is 3. The van der Waals surface area contributed by atoms with Crippen molar-refractivity contribution in [3.05, 3.63) is 65.2 Å². The van der Waals surface area contributed by atoms with Crippen molar-refractivity contribution in [2.75, 3.05) is 33.9 Å². The minimum atomic E-state index is -4.31. The number of guanidine groups is 1. The zero-order valence-corrected chi connectivity index (χ0v) is 19.3. The molecule has 0 aliphatic heterocycles. The fourth-order valence-electron chi connectivity index (χ4n) is 2.54. The summed E-state index contributed by atoms with van der Waals surface area (Å²) in [4.78, 5) is 4.16. The lowest BCUT2D eigenvalue weighted by molar-refractivity contribution is -0.137. The van der Waals surface area contributed by atoms with Crippen molar-refractivity contribution in [3.63, 3.8) is 0 Å². The molecule has 2 aromatic rings. The number of alkyl halides is 3. The maximum absolute atomic E-state index is 12.6. The van der Waals surface area contributed by atoms with Crippen LogP contribution in [0, 0.1) is 0 Å². The third kappa shape index (κ3) is 9.21. The fraction of sp³-hybridized carbons (Fsp3) is 0.381. The molecule has 0 radical (unpaired) electrons. The summed E-state index contributed by atoms with van der Waals surface area (Å²) in [6, 6.07) is 12.9. The van der Waals surface area contributed by atoms with Gasteiger partial charge in [-0.15, -0.1) is 24.0 Å². The quantitative estimate of drug-likeness (QED) is 0.218. The SMILES string of the molecule is CN=C(NCCc1ccc(C(F)(F)F)cc1)NCc1ccc(OCCOC)cc1.I. The first-order chi connectivity index (χ1) is 13.9. The highest BCUT2D eigenvalue weighted by atomic mass is 127. The summed E-state index contributed by atoms with van der Waals surface area (Å²) >= 11 is 0. The molecule has 0 amide bonds. The molecule has 0 aromatic heterocycles. The molecule has 2 N–H and O–H groups in total. The van der Waals surface area contributed by atoms with E-state index in [9.17, 15) is 13.2 Å². The molecule has 2 rings (SSSR count). The summed E-state index contributed by atoms with van der Waals surface area (Å²) in [5, 5.41) is 6.36. The van der Waals surface area contributed by atoms with Crippen molar-refractivity contribution < 1.29 is 22.6 Å². The molecule has 0 spiro atoms. The topological polar surface area (TPSA) is 54.9 Å². The van der Waals surface area contributed by atoms with Crippen molar-refractivity contribution in [3.8, 4) is 5.75 Å². The first-order valence-corrected chi connectivity index (χ1v) is 9.23. The Morgan fingerprint density at radius 3 is 2.13 bits per heavy atom. The zero-order valence-electron chi connectivity index (χ0n) is 17.0. The van der Waals surface area contributed by atoms with Crippen LogP contribution in [-0.2, 0) is 23.9 Å². The van der Waals surface area contributed by atoms with Crippen LogP contribution in [0.5, 0.6) is 5.75 Å². The Morgan fingerprint density at radius 1 is 0.933 bits per heavy atom. The largest absolute Gasteiger partial charge is 0.491 e. The van der Waals surface area contributed by atoms with Crippen molar-refractivity contribution in [1.82, 2.24) is 10.6 Å². The lowest BCUT2D eigenvalue weighted by atomic mass is 10.1. The Balaban J connectivity index is 0.00000450. The molecule has 9 heteroatoms. The molecular formula is C21H27F3IN3O2. The molecule has 0 unspecified atom stereocenters. The predicted octanol–water partition coefficient (Wildman–Crippen LogP) is 4.26. The molecule has 0 saturated carbocycles. The first kappa shape index (κ1) is 26.0. The van der Waals surface area contributed by atoms with Gasteiger partial charge in [0.05, 0.1) is 12.2 Å². The molecular weight excluding hydrogens is 510 g/mol. The third-order valence-corrected chi connectivity index (χ3v) is 4.15. The van der Waals surface area contributed by atoms with E-state index in [4.69, 9.17) is 9.47 Å². The Bertz CT molecular complexity index is 767. The monoisotopic (exact) mass is 537 g/mol. The molecule has 0 saturated heterocycles. The Morgan fingerprint density at radius 2 is 1.57 bits per heavy atom. The predicted molar refractivity (Wildman–Crippen MR) is 123 cm³/mol. The van der Waals surface area contributed by atoms with Crippen LogP contribution in [0.2, 0.25) is 0 Å². The summed E-state index contributed by atoms with van der Waals surface area (Å²) in [6.07, 6.45) is -3.72. The van der Waals surface area contributed by atoms with E-state index in [0.717, 1.165) is 29.0 Å². The van der Waals surface area contributed by atoms with Crippen LogP contribution in [0.1, 0.15) is 16.7 Å². The molecule has 166 valence electrons. The number of nitrogens with zero attached hydrogens (tertiary/aromatic N) is 1. The Hall–Kier alpha value is -2.01. The maximum Gasteiger partial charge on any atom is 0.416 e. The van der Waals surface area contributed by atoms with Gasteiger partial charge in [-0.1, -0.05) is 24.3 Å². The van der Waals surface area contributed by atoms with Gasteiger partial charge in [-0.3, -0.25) is 4.99 Å². The molecule has 0 aliphatic carbocycles. The highest BCUT2D eigenvalue weighted by Crippen LogP contribution is 2.29. The molecule has 0 aliphatic rings. The van der Waals surface area contributed by atoms with Gasteiger partial charge in [0.15, 0.2) is 5.96 Å². The van der Waals surface area contributed by atoms with Crippen molar-refractivity contribution in [1.29, 1.82) is 0 Å². The van der Waals surface area contributed by atoms with Crippen LogP contribution in [0.15, 0.2) is 53.5 Å². The van der Waals surface area contributed by atoms with Gasteiger partial charge < -0.3 is 20.1 Å². The van der Waals surface area contributed by atoms with Gasteiger partial charge in [-0.2, -0.15) is 13.2 Å². The lowest BCUT2D eigenvalue weighted by Crippen LogP contribution is -2.37. The van der Waals surface area contributed by atoms with E-state index in [2.05, 4.69) is 15.6 Å². The van der Waals surface area contributed by atoms with Gasteiger partial charge in [0.2, 0.25) is 0 Å². The molecule has 30 heavy (non-hydrogen) atoms. The van der Waals surface area contributed by atoms with Gasteiger partial charge in [0.25, 0.3) is 0 Å². The highest BCUT2D eigenvalue weighted by molar-refractivity contribution is 14.0. The minimum absolute atomic E-state index is 0. The number of methoxy groups -OCH3 is 1. The van der Waals surface area contributed by atoms with Crippen molar-refractivity contribution >= 4 is 29.9 Å². The van der Waals surface area contributed by atoms with E-state index >= 15 is 0 Å². The van der Waals surface area contributed by atoms with Crippen LogP contribution in [0.4, 0.5) is 13.2 Å². The molecule has 0 fully saturated rings. The van der Waals surface area contributed by atoms with E-state index in [1.807, 2.05) is 24.3 Å². The van der Waals surface area contributed by atoms with Gasteiger partial charge >= 0.3 is 6.18 Å². The van der Waals surface area contributed by atoms with E-state index in [1.54, 1.807) is 14.2 Å². The molecule has 5 nitrogen and oxygen atoms in total. The molecule has 2 aromatic carbocycles. The van der Waals surface area contributed by atoms with E-state index in [-0.39, 0.29) is 24.0 Å². The van der Waals surface area contributed by atoms with Gasteiger partial charge in [-0.25, -0.2) is 0 Å². The fourth-order valence-corrected chi connectivity index (χ4v) is 2.54. The van der Waals surface area contributed by atoms with Crippen LogP contribution in [0.3, 0.4) is 0 Å². The summed E-state index contributed by atoms with van der Waals surface area (Å²) in [5.74, 6) is 1.40. The first-order valence-electron chi connectivity index (χ1n) is 9.23. The van der Waals surface area contributed by atoms with Crippen LogP contribution >= 0.6 is 24.0 Å². The summed E-state index contributed by atoms with van der Waals surface area (Å²) in [5.41, 5.74) is 1.25. The van der Waals surface area contributed by atoms with Crippen molar-refractivity contribution in [2.45, 2.75) is 19.1 Å². The number of nitrogens with one attached hydrogen (secondary N) is 2. The normalized spacial score (nSPS) is 11.6. The number of halogens is 4. The number of rotatable bonds is 9. The number of benzene rings is 2. The molecule has 0 bridgehead atoms. The second-order valence-electron chi connectivity index (χ2n) is 6.28. The second kappa shape index (κ2) is 13.3. The summed E-state index contributed by atoms with van der Waals surface area (Å²) in [7, 11) is 3.29. The standard InChI is InChI=1S/C21H26F3N3O2.HI/c1-25-20(26-12-11-16-3-7-18(8-4-16)21(22,23)24)27-15-17-5-9-19(10-6-17)29-14-13-28-2;/h3-10H,11-15H2,1-2H3,(H2,25,26,27);1H. The Labute approximate surface area is 192 Å². The summed E-state index contributed by atoms with van der Waals surface area (Å²) in [6.45, 7) is 2.18. The molecule has 0 atom stereocenters. The second-order valence-corrected chi connectivity index (χ2v) is 6.28. The van der Waals surface area contributed by atoms with Gasteiger partial charge in [0, 0.05) is 27.2 Å². The number of hydrogen-bond donors (Lipinski definition) is 2. The van der Waals surface area contributed by atoms with E-state index in [0.29, 0.717) is 38.7 Å². The minimum Gasteiger partial charge on any atom is -0.491 e. The van der Waals surface area contributed by atoms with Crippen LogP contribution in [0.25, 0.3) is 0 Å². The van der Waals surface area contributed by atoms with Gasteiger partial charge in [0.1, 0.15) is 12.4 Å². The average Bonchev–Trinajstić information content (AvgIpc) is 2.71. The average molecular weight is 537 g/mol. The van der Waals surface area contributed by atoms with Crippen molar-refractivity contribution in [2.24, 2.45) is 4.99 Å². The van der Waals surface area contributed by atoms with E-state index < -0.39 is 11.7 Å². The third-order valence-electron chi connectivity index (χ3n) is 4.15. The Kier molecular flexibility index (Phi) is 11.6.